The molecule has 2 aromatic carbocycles. The van der Waals surface area contributed by atoms with E-state index in [2.05, 4.69) is 5.32 Å². The van der Waals surface area contributed by atoms with Gasteiger partial charge in [0.2, 0.25) is 0 Å². The number of esters is 1. The zero-order chi connectivity index (χ0) is 19.5. The number of carbonyl (C=O) groups is 2. The van der Waals surface area contributed by atoms with Gasteiger partial charge in [-0.15, -0.1) is 0 Å². The van der Waals surface area contributed by atoms with E-state index in [4.69, 9.17) is 27.9 Å². The molecule has 0 aliphatic carbocycles. The predicted octanol–water partition coefficient (Wildman–Crippen LogP) is 5.20. The van der Waals surface area contributed by atoms with Gasteiger partial charge in [0.1, 0.15) is 0 Å². The third-order valence-electron chi connectivity index (χ3n) is 3.28. The lowest BCUT2D eigenvalue weighted by atomic mass is 10.2. The summed E-state index contributed by atoms with van der Waals surface area (Å²) < 4.78 is 42.5. The van der Waals surface area contributed by atoms with Gasteiger partial charge in [0.25, 0.3) is 5.91 Å². The van der Waals surface area contributed by atoms with E-state index in [1.165, 1.54) is 25.1 Å². The molecule has 0 radical (unpaired) electrons. The first-order valence-corrected chi connectivity index (χ1v) is 7.97. The second kappa shape index (κ2) is 7.97. The van der Waals surface area contributed by atoms with Crippen LogP contribution in [-0.4, -0.2) is 18.0 Å². The van der Waals surface area contributed by atoms with Gasteiger partial charge in [0.15, 0.2) is 6.10 Å². The molecule has 0 aliphatic rings. The number of hydrogen-bond acceptors (Lipinski definition) is 3. The van der Waals surface area contributed by atoms with Crippen LogP contribution in [0.25, 0.3) is 0 Å². The highest BCUT2D eigenvalue weighted by Gasteiger charge is 2.30. The van der Waals surface area contributed by atoms with Crippen molar-refractivity contribution in [1.82, 2.24) is 0 Å². The van der Waals surface area contributed by atoms with Crippen molar-refractivity contribution in [2.75, 3.05) is 5.32 Å². The number of carbonyl (C=O) groups excluding carboxylic acids is 2. The van der Waals surface area contributed by atoms with Crippen LogP contribution in [0.15, 0.2) is 42.5 Å². The van der Waals surface area contributed by atoms with Crippen LogP contribution in [0.5, 0.6) is 0 Å². The van der Waals surface area contributed by atoms with Crippen LogP contribution in [0.3, 0.4) is 0 Å². The molecule has 2 rings (SSSR count). The second-order valence-corrected chi connectivity index (χ2v) is 6.08. The van der Waals surface area contributed by atoms with Crippen molar-refractivity contribution < 1.29 is 27.5 Å². The summed E-state index contributed by atoms with van der Waals surface area (Å²) in [6.45, 7) is 1.32. The molecule has 4 nitrogen and oxygen atoms in total. The van der Waals surface area contributed by atoms with E-state index in [1.807, 2.05) is 0 Å². The number of alkyl halides is 3. The van der Waals surface area contributed by atoms with E-state index in [9.17, 15) is 22.8 Å². The third-order valence-corrected chi connectivity index (χ3v) is 3.83. The fraction of sp³-hybridized carbons (Fsp3) is 0.176. The van der Waals surface area contributed by atoms with Gasteiger partial charge in [-0.1, -0.05) is 23.2 Å². The molecule has 0 saturated heterocycles. The zero-order valence-corrected chi connectivity index (χ0v) is 14.7. The molecule has 138 valence electrons. The minimum atomic E-state index is -4.47. The summed E-state index contributed by atoms with van der Waals surface area (Å²) in [5.74, 6) is -1.54. The summed E-state index contributed by atoms with van der Waals surface area (Å²) in [5, 5.41) is 2.76. The minimum absolute atomic E-state index is 0.0326. The summed E-state index contributed by atoms with van der Waals surface area (Å²) in [6, 6.07) is 8.02. The van der Waals surface area contributed by atoms with Gasteiger partial charge in [-0.2, -0.15) is 13.2 Å². The van der Waals surface area contributed by atoms with E-state index in [1.54, 1.807) is 0 Å². The molecule has 0 saturated carbocycles. The van der Waals surface area contributed by atoms with Crippen molar-refractivity contribution in [2.24, 2.45) is 0 Å². The molecule has 0 heterocycles. The largest absolute Gasteiger partial charge is 0.449 e. The number of halogens is 5. The van der Waals surface area contributed by atoms with E-state index in [0.717, 1.165) is 24.3 Å². The highest BCUT2D eigenvalue weighted by atomic mass is 35.5. The molecule has 1 atom stereocenters. The summed E-state index contributed by atoms with van der Waals surface area (Å²) in [7, 11) is 0. The monoisotopic (exact) mass is 405 g/mol. The number of nitrogens with one attached hydrogen (secondary N) is 1. The fourth-order valence-electron chi connectivity index (χ4n) is 1.92. The lowest BCUT2D eigenvalue weighted by Gasteiger charge is -2.14. The van der Waals surface area contributed by atoms with Crippen LogP contribution in [0.1, 0.15) is 22.8 Å². The van der Waals surface area contributed by atoms with Gasteiger partial charge in [-0.05, 0) is 49.4 Å². The van der Waals surface area contributed by atoms with Gasteiger partial charge in [-0.3, -0.25) is 4.79 Å². The van der Waals surface area contributed by atoms with Crippen molar-refractivity contribution in [3.8, 4) is 0 Å². The highest BCUT2D eigenvalue weighted by molar-refractivity contribution is 6.36. The molecular weight excluding hydrogens is 394 g/mol. The number of amides is 1. The molecule has 0 aliphatic heterocycles. The molecule has 0 spiro atoms. The Morgan fingerprint density at radius 1 is 1.08 bits per heavy atom. The number of benzene rings is 2. The molecule has 1 N–H and O–H groups in total. The normalized spacial score (nSPS) is 12.4. The first kappa shape index (κ1) is 20.1. The van der Waals surface area contributed by atoms with Gasteiger partial charge in [-0.25, -0.2) is 4.79 Å². The maximum Gasteiger partial charge on any atom is 0.416 e. The third kappa shape index (κ3) is 5.12. The zero-order valence-electron chi connectivity index (χ0n) is 13.2. The molecular formula is C17H12Cl2F3NO3. The Labute approximate surface area is 156 Å². The van der Waals surface area contributed by atoms with Crippen LogP contribution in [0, 0.1) is 0 Å². The summed E-state index contributed by atoms with van der Waals surface area (Å²) in [6.07, 6.45) is -5.67. The van der Waals surface area contributed by atoms with E-state index >= 15 is 0 Å². The van der Waals surface area contributed by atoms with Crippen molar-refractivity contribution in [3.05, 3.63) is 63.6 Å². The molecule has 0 aromatic heterocycles. The SMILES string of the molecule is C[C@H](OC(=O)c1ccc(Cl)cc1Cl)C(=O)Nc1ccc(C(F)(F)F)cc1. The quantitative estimate of drug-likeness (QED) is 0.711. The average molecular weight is 406 g/mol. The van der Waals surface area contributed by atoms with Gasteiger partial charge < -0.3 is 10.1 Å². The first-order valence-electron chi connectivity index (χ1n) is 7.22. The highest BCUT2D eigenvalue weighted by Crippen LogP contribution is 2.30. The number of anilines is 1. The van der Waals surface area contributed by atoms with Gasteiger partial charge in [0, 0.05) is 10.7 Å². The van der Waals surface area contributed by atoms with Crippen LogP contribution in [0.4, 0.5) is 18.9 Å². The Hall–Kier alpha value is -2.25. The van der Waals surface area contributed by atoms with Crippen molar-refractivity contribution in [3.63, 3.8) is 0 Å². The molecule has 1 amide bonds. The van der Waals surface area contributed by atoms with Gasteiger partial charge in [0.05, 0.1) is 16.1 Å². The Morgan fingerprint density at radius 3 is 2.23 bits per heavy atom. The van der Waals surface area contributed by atoms with Crippen LogP contribution < -0.4 is 5.32 Å². The molecule has 0 fully saturated rings. The minimum Gasteiger partial charge on any atom is -0.449 e. The average Bonchev–Trinajstić information content (AvgIpc) is 2.54. The Balaban J connectivity index is 2.00. The maximum absolute atomic E-state index is 12.5. The van der Waals surface area contributed by atoms with Crippen LogP contribution in [-0.2, 0) is 15.7 Å². The van der Waals surface area contributed by atoms with Crippen LogP contribution >= 0.6 is 23.2 Å². The standard InChI is InChI=1S/C17H12Cl2F3NO3/c1-9(26-16(25)13-7-4-11(18)8-14(13)19)15(24)23-12-5-2-10(3-6-12)17(20,21)22/h2-9H,1H3,(H,23,24)/t9-/m0/s1. The molecule has 9 heteroatoms. The lowest BCUT2D eigenvalue weighted by Crippen LogP contribution is -2.30. The Morgan fingerprint density at radius 2 is 1.69 bits per heavy atom. The van der Waals surface area contributed by atoms with Crippen LogP contribution in [0.2, 0.25) is 10.0 Å². The van der Waals surface area contributed by atoms with E-state index in [-0.39, 0.29) is 16.3 Å². The second-order valence-electron chi connectivity index (χ2n) is 5.24. The first-order chi connectivity index (χ1) is 12.1. The van der Waals surface area contributed by atoms with Crippen molar-refractivity contribution in [2.45, 2.75) is 19.2 Å². The number of rotatable bonds is 4. The summed E-state index contributed by atoms with van der Waals surface area (Å²) >= 11 is 11.6. The molecule has 0 bridgehead atoms. The van der Waals surface area contributed by atoms with Crippen molar-refractivity contribution in [1.29, 1.82) is 0 Å². The maximum atomic E-state index is 12.5. The Kier molecular flexibility index (Phi) is 6.15. The summed E-state index contributed by atoms with van der Waals surface area (Å²) in [4.78, 5) is 24.1. The smallest absolute Gasteiger partial charge is 0.416 e. The van der Waals surface area contributed by atoms with Gasteiger partial charge >= 0.3 is 12.1 Å². The van der Waals surface area contributed by atoms with E-state index in [0.29, 0.717) is 5.02 Å². The fourth-order valence-corrected chi connectivity index (χ4v) is 2.40. The summed E-state index contributed by atoms with van der Waals surface area (Å²) in [5.41, 5.74) is -0.673. The topological polar surface area (TPSA) is 55.4 Å². The predicted molar refractivity (Wildman–Crippen MR) is 91.4 cm³/mol. The van der Waals surface area contributed by atoms with E-state index < -0.39 is 29.7 Å². The molecule has 26 heavy (non-hydrogen) atoms. The number of hydrogen-bond donors (Lipinski definition) is 1. The lowest BCUT2D eigenvalue weighted by molar-refractivity contribution is -0.137. The molecule has 2 aromatic rings. The molecule has 0 unspecified atom stereocenters. The van der Waals surface area contributed by atoms with Crippen molar-refractivity contribution >= 4 is 40.8 Å². The Bertz CT molecular complexity index is 823. The number of ether oxygens (including phenoxy) is 1.